The molecule has 1 aliphatic heterocycles. The van der Waals surface area contributed by atoms with Crippen LogP contribution < -0.4 is 0 Å². The summed E-state index contributed by atoms with van der Waals surface area (Å²) < 4.78 is 11.1. The molecule has 0 aliphatic carbocycles. The van der Waals surface area contributed by atoms with E-state index in [1.165, 1.54) is 25.7 Å². The molecule has 1 aliphatic rings. The Kier molecular flexibility index (Phi) is 4.27. The molecule has 72 valence electrons. The van der Waals surface area contributed by atoms with E-state index in [2.05, 4.69) is 13.8 Å². The van der Waals surface area contributed by atoms with Crippen molar-refractivity contribution < 1.29 is 4.21 Å². The van der Waals surface area contributed by atoms with Gasteiger partial charge in [-0.25, -0.2) is 0 Å². The van der Waals surface area contributed by atoms with Crippen LogP contribution in [-0.4, -0.2) is 15.7 Å². The van der Waals surface area contributed by atoms with Gasteiger partial charge in [-0.3, -0.25) is 4.21 Å². The summed E-state index contributed by atoms with van der Waals surface area (Å²) in [5.74, 6) is 3.68. The quantitative estimate of drug-likeness (QED) is 0.665. The van der Waals surface area contributed by atoms with Gasteiger partial charge in [-0.1, -0.05) is 26.7 Å². The minimum absolute atomic E-state index is 0.481. The SMILES string of the molecule is CCC(CC)C1CCS(=O)CC1. The highest BCUT2D eigenvalue weighted by molar-refractivity contribution is 7.85. The van der Waals surface area contributed by atoms with Crippen LogP contribution in [0.1, 0.15) is 39.5 Å². The molecule has 1 saturated heterocycles. The second kappa shape index (κ2) is 5.00. The molecule has 2 heteroatoms. The maximum atomic E-state index is 11.1. The zero-order valence-corrected chi connectivity index (χ0v) is 9.03. The zero-order valence-electron chi connectivity index (χ0n) is 8.21. The van der Waals surface area contributed by atoms with Crippen LogP contribution in [0.15, 0.2) is 0 Å². The van der Waals surface area contributed by atoms with Crippen molar-refractivity contribution in [2.45, 2.75) is 39.5 Å². The average Bonchev–Trinajstić information content (AvgIpc) is 2.10. The van der Waals surface area contributed by atoms with Gasteiger partial charge in [0.2, 0.25) is 0 Å². The summed E-state index contributed by atoms with van der Waals surface area (Å²) in [5, 5.41) is 0. The summed E-state index contributed by atoms with van der Waals surface area (Å²) in [7, 11) is -0.481. The van der Waals surface area contributed by atoms with Gasteiger partial charge in [-0.15, -0.1) is 0 Å². The van der Waals surface area contributed by atoms with Crippen LogP contribution in [0.25, 0.3) is 0 Å². The molecular weight excluding hydrogens is 168 g/mol. The summed E-state index contributed by atoms with van der Waals surface area (Å²) in [6.45, 7) is 4.56. The van der Waals surface area contributed by atoms with E-state index < -0.39 is 10.8 Å². The van der Waals surface area contributed by atoms with Gasteiger partial charge in [0.25, 0.3) is 0 Å². The summed E-state index contributed by atoms with van der Waals surface area (Å²) in [4.78, 5) is 0. The van der Waals surface area contributed by atoms with Gasteiger partial charge in [0.15, 0.2) is 0 Å². The lowest BCUT2D eigenvalue weighted by molar-refractivity contribution is 0.292. The molecular formula is C10H20OS. The Morgan fingerprint density at radius 3 is 2.17 bits per heavy atom. The van der Waals surface area contributed by atoms with Gasteiger partial charge in [0.1, 0.15) is 0 Å². The lowest BCUT2D eigenvalue weighted by atomic mass is 9.84. The molecule has 0 aromatic carbocycles. The molecule has 0 aromatic rings. The normalized spacial score (nSPS) is 30.9. The first-order chi connectivity index (χ1) is 5.77. The third kappa shape index (κ3) is 2.58. The Hall–Kier alpha value is 0.150. The summed E-state index contributed by atoms with van der Waals surface area (Å²) in [5.41, 5.74) is 0. The minimum Gasteiger partial charge on any atom is -0.260 e. The molecule has 0 unspecified atom stereocenters. The molecule has 0 saturated carbocycles. The molecule has 0 radical (unpaired) electrons. The molecule has 0 atom stereocenters. The Balaban J connectivity index is 2.37. The molecule has 0 aromatic heterocycles. The number of rotatable bonds is 3. The first-order valence-corrected chi connectivity index (χ1v) is 6.61. The second-order valence-corrected chi connectivity index (χ2v) is 5.46. The highest BCUT2D eigenvalue weighted by Crippen LogP contribution is 2.29. The van der Waals surface area contributed by atoms with Crippen LogP contribution in [0.2, 0.25) is 0 Å². The van der Waals surface area contributed by atoms with Gasteiger partial charge >= 0.3 is 0 Å². The molecule has 0 bridgehead atoms. The first-order valence-electron chi connectivity index (χ1n) is 5.12. The van der Waals surface area contributed by atoms with Crippen LogP contribution in [0.5, 0.6) is 0 Å². The standard InChI is InChI=1S/C10H20OS/c1-3-9(4-2)10-5-7-12(11)8-6-10/h9-10H,3-8H2,1-2H3. The maximum absolute atomic E-state index is 11.1. The average molecular weight is 188 g/mol. The molecule has 12 heavy (non-hydrogen) atoms. The predicted molar refractivity (Wildman–Crippen MR) is 54.7 cm³/mol. The third-order valence-corrected chi connectivity index (χ3v) is 4.53. The molecule has 0 N–H and O–H groups in total. The van der Waals surface area contributed by atoms with Gasteiger partial charge in [-0.2, -0.15) is 0 Å². The van der Waals surface area contributed by atoms with Gasteiger partial charge < -0.3 is 0 Å². The number of hydrogen-bond donors (Lipinski definition) is 0. The van der Waals surface area contributed by atoms with Crippen LogP contribution >= 0.6 is 0 Å². The monoisotopic (exact) mass is 188 g/mol. The van der Waals surface area contributed by atoms with Crippen molar-refractivity contribution >= 4 is 10.8 Å². The number of hydrogen-bond acceptors (Lipinski definition) is 1. The molecule has 1 fully saturated rings. The minimum atomic E-state index is -0.481. The lowest BCUT2D eigenvalue weighted by Crippen LogP contribution is -2.24. The Morgan fingerprint density at radius 1 is 1.25 bits per heavy atom. The fourth-order valence-corrected chi connectivity index (χ4v) is 3.57. The highest BCUT2D eigenvalue weighted by Gasteiger charge is 2.23. The summed E-state index contributed by atoms with van der Waals surface area (Å²) >= 11 is 0. The van der Waals surface area contributed by atoms with Gasteiger partial charge in [-0.05, 0) is 24.7 Å². The van der Waals surface area contributed by atoms with Crippen molar-refractivity contribution in [2.24, 2.45) is 11.8 Å². The highest BCUT2D eigenvalue weighted by atomic mass is 32.2. The van der Waals surface area contributed by atoms with E-state index in [1.807, 2.05) is 0 Å². The van der Waals surface area contributed by atoms with Crippen LogP contribution in [0.4, 0.5) is 0 Å². The summed E-state index contributed by atoms with van der Waals surface area (Å²) in [6, 6.07) is 0. The lowest BCUT2D eigenvalue weighted by Gasteiger charge is -2.28. The van der Waals surface area contributed by atoms with Crippen molar-refractivity contribution in [1.29, 1.82) is 0 Å². The van der Waals surface area contributed by atoms with Crippen molar-refractivity contribution in [2.75, 3.05) is 11.5 Å². The van der Waals surface area contributed by atoms with E-state index in [1.54, 1.807) is 0 Å². The largest absolute Gasteiger partial charge is 0.260 e. The van der Waals surface area contributed by atoms with Crippen LogP contribution in [0.3, 0.4) is 0 Å². The molecule has 1 heterocycles. The van der Waals surface area contributed by atoms with Crippen molar-refractivity contribution in [3.63, 3.8) is 0 Å². The summed E-state index contributed by atoms with van der Waals surface area (Å²) in [6.07, 6.45) is 5.01. The van der Waals surface area contributed by atoms with Gasteiger partial charge in [0, 0.05) is 22.3 Å². The van der Waals surface area contributed by atoms with Crippen molar-refractivity contribution in [1.82, 2.24) is 0 Å². The molecule has 1 rings (SSSR count). The van der Waals surface area contributed by atoms with E-state index in [0.29, 0.717) is 0 Å². The fraction of sp³-hybridized carbons (Fsp3) is 1.00. The smallest absolute Gasteiger partial charge is 0.0237 e. The van der Waals surface area contributed by atoms with E-state index in [0.717, 1.165) is 23.3 Å². The topological polar surface area (TPSA) is 17.1 Å². The first kappa shape index (κ1) is 10.2. The van der Waals surface area contributed by atoms with Gasteiger partial charge in [0.05, 0.1) is 0 Å². The third-order valence-electron chi connectivity index (χ3n) is 3.15. The van der Waals surface area contributed by atoms with E-state index >= 15 is 0 Å². The van der Waals surface area contributed by atoms with Crippen LogP contribution in [-0.2, 0) is 10.8 Å². The Bertz CT molecular complexity index is 142. The fourth-order valence-electron chi connectivity index (χ4n) is 2.24. The Morgan fingerprint density at radius 2 is 1.75 bits per heavy atom. The molecule has 1 nitrogen and oxygen atoms in total. The van der Waals surface area contributed by atoms with Crippen LogP contribution in [0, 0.1) is 11.8 Å². The maximum Gasteiger partial charge on any atom is 0.0237 e. The zero-order chi connectivity index (χ0) is 8.97. The van der Waals surface area contributed by atoms with Crippen molar-refractivity contribution in [3.05, 3.63) is 0 Å². The molecule has 0 amide bonds. The van der Waals surface area contributed by atoms with E-state index in [-0.39, 0.29) is 0 Å². The predicted octanol–water partition coefficient (Wildman–Crippen LogP) is 2.58. The molecule has 0 spiro atoms. The van der Waals surface area contributed by atoms with E-state index in [9.17, 15) is 4.21 Å². The second-order valence-electron chi connectivity index (χ2n) is 3.76. The Labute approximate surface area is 78.4 Å². The van der Waals surface area contributed by atoms with Crippen molar-refractivity contribution in [3.8, 4) is 0 Å². The van der Waals surface area contributed by atoms with E-state index in [4.69, 9.17) is 0 Å².